The first kappa shape index (κ1) is 14.3. The number of nitrogens with two attached hydrogens (primary N) is 1. The van der Waals surface area contributed by atoms with Gasteiger partial charge in [-0.15, -0.1) is 13.2 Å². The van der Waals surface area contributed by atoms with Crippen LogP contribution in [0.25, 0.3) is 0 Å². The monoisotopic (exact) mass is 269 g/mol. The second-order valence-corrected chi connectivity index (χ2v) is 5.04. The van der Waals surface area contributed by atoms with Crippen molar-refractivity contribution in [2.24, 2.45) is 5.73 Å². The molecule has 0 spiro atoms. The third-order valence-electron chi connectivity index (χ3n) is 2.69. The van der Waals surface area contributed by atoms with E-state index in [1.165, 1.54) is 0 Å². The molecule has 0 saturated heterocycles. The lowest BCUT2D eigenvalue weighted by Crippen LogP contribution is -2.41. The third-order valence-corrected chi connectivity index (χ3v) is 3.40. The number of rotatable bonds is 6. The quantitative estimate of drug-likeness (QED) is 0.762. The molecule has 92 valence electrons. The highest BCUT2D eigenvalue weighted by molar-refractivity contribution is 6.36. The molecule has 0 aliphatic heterocycles. The van der Waals surface area contributed by atoms with Gasteiger partial charge in [0.25, 0.3) is 0 Å². The van der Waals surface area contributed by atoms with E-state index in [9.17, 15) is 0 Å². The zero-order valence-electron chi connectivity index (χ0n) is 9.76. The van der Waals surface area contributed by atoms with Crippen LogP contribution in [0.5, 0.6) is 0 Å². The SMILES string of the molecule is C=CCC(N)(CC=C)Cc1c(Cl)cccc1Cl. The van der Waals surface area contributed by atoms with E-state index in [-0.39, 0.29) is 0 Å². The van der Waals surface area contributed by atoms with E-state index in [2.05, 4.69) is 13.2 Å². The molecule has 0 heterocycles. The fraction of sp³-hybridized carbons (Fsp3) is 0.286. The molecule has 0 bridgehead atoms. The number of hydrogen-bond donors (Lipinski definition) is 1. The maximum absolute atomic E-state index is 6.33. The molecular formula is C14H17Cl2N. The smallest absolute Gasteiger partial charge is 0.0453 e. The summed E-state index contributed by atoms with van der Waals surface area (Å²) in [5.74, 6) is 0. The summed E-state index contributed by atoms with van der Waals surface area (Å²) in [6.07, 6.45) is 5.63. The first-order chi connectivity index (χ1) is 8.02. The Bertz CT molecular complexity index is 382. The Morgan fingerprint density at radius 2 is 1.59 bits per heavy atom. The zero-order valence-corrected chi connectivity index (χ0v) is 11.3. The molecule has 0 saturated carbocycles. The maximum atomic E-state index is 6.33. The van der Waals surface area contributed by atoms with Gasteiger partial charge in [-0.3, -0.25) is 0 Å². The molecule has 0 amide bonds. The van der Waals surface area contributed by atoms with Crippen LogP contribution in [0.1, 0.15) is 18.4 Å². The lowest BCUT2D eigenvalue weighted by atomic mass is 9.85. The average molecular weight is 270 g/mol. The maximum Gasteiger partial charge on any atom is 0.0453 e. The second kappa shape index (κ2) is 6.25. The van der Waals surface area contributed by atoms with E-state index in [0.29, 0.717) is 29.3 Å². The highest BCUT2D eigenvalue weighted by Crippen LogP contribution is 2.30. The second-order valence-electron chi connectivity index (χ2n) is 4.22. The molecule has 1 nitrogen and oxygen atoms in total. The fourth-order valence-corrected chi connectivity index (χ4v) is 2.39. The summed E-state index contributed by atoms with van der Waals surface area (Å²) >= 11 is 12.3. The van der Waals surface area contributed by atoms with Gasteiger partial charge in [0.2, 0.25) is 0 Å². The lowest BCUT2D eigenvalue weighted by Gasteiger charge is -2.28. The highest BCUT2D eigenvalue weighted by Gasteiger charge is 2.24. The van der Waals surface area contributed by atoms with Crippen LogP contribution in [0.15, 0.2) is 43.5 Å². The largest absolute Gasteiger partial charge is 0.324 e. The van der Waals surface area contributed by atoms with Gasteiger partial charge in [0.05, 0.1) is 0 Å². The Morgan fingerprint density at radius 3 is 2.00 bits per heavy atom. The van der Waals surface area contributed by atoms with Gasteiger partial charge in [-0.2, -0.15) is 0 Å². The molecule has 0 unspecified atom stereocenters. The van der Waals surface area contributed by atoms with Crippen LogP contribution in [-0.4, -0.2) is 5.54 Å². The van der Waals surface area contributed by atoms with Crippen molar-refractivity contribution >= 4 is 23.2 Å². The molecule has 0 fully saturated rings. The lowest BCUT2D eigenvalue weighted by molar-refractivity contribution is 0.432. The first-order valence-electron chi connectivity index (χ1n) is 5.46. The van der Waals surface area contributed by atoms with Crippen LogP contribution in [0.2, 0.25) is 10.0 Å². The van der Waals surface area contributed by atoms with Gasteiger partial charge in [-0.05, 0) is 37.0 Å². The number of benzene rings is 1. The molecule has 17 heavy (non-hydrogen) atoms. The molecule has 0 aliphatic rings. The van der Waals surface area contributed by atoms with E-state index in [1.54, 1.807) is 0 Å². The van der Waals surface area contributed by atoms with Crippen LogP contribution < -0.4 is 5.73 Å². The topological polar surface area (TPSA) is 26.0 Å². The summed E-state index contributed by atoms with van der Waals surface area (Å²) in [6, 6.07) is 5.48. The minimum absolute atomic E-state index is 0.419. The van der Waals surface area contributed by atoms with Crippen molar-refractivity contribution in [3.8, 4) is 0 Å². The van der Waals surface area contributed by atoms with Gasteiger partial charge >= 0.3 is 0 Å². The highest BCUT2D eigenvalue weighted by atomic mass is 35.5. The Morgan fingerprint density at radius 1 is 1.12 bits per heavy atom. The summed E-state index contributed by atoms with van der Waals surface area (Å²) in [5.41, 5.74) is 6.80. The normalized spacial score (nSPS) is 11.2. The van der Waals surface area contributed by atoms with Gasteiger partial charge < -0.3 is 5.73 Å². The Kier molecular flexibility index (Phi) is 5.26. The molecule has 1 aromatic rings. The molecule has 1 rings (SSSR count). The molecule has 0 aliphatic carbocycles. The Balaban J connectivity index is 3.00. The van der Waals surface area contributed by atoms with Crippen LogP contribution in [0.4, 0.5) is 0 Å². The van der Waals surface area contributed by atoms with Gasteiger partial charge in [-0.25, -0.2) is 0 Å². The summed E-state index contributed by atoms with van der Waals surface area (Å²) in [6.45, 7) is 7.47. The zero-order chi connectivity index (χ0) is 12.9. The van der Waals surface area contributed by atoms with Crippen molar-refractivity contribution < 1.29 is 0 Å². The fourth-order valence-electron chi connectivity index (χ4n) is 1.86. The molecular weight excluding hydrogens is 253 g/mol. The first-order valence-corrected chi connectivity index (χ1v) is 6.21. The minimum Gasteiger partial charge on any atom is -0.324 e. The van der Waals surface area contributed by atoms with Crippen LogP contribution >= 0.6 is 23.2 Å². The molecule has 0 radical (unpaired) electrons. The van der Waals surface area contributed by atoms with Gasteiger partial charge in [0.1, 0.15) is 0 Å². The predicted octanol–water partition coefficient (Wildman–Crippen LogP) is 4.39. The standard InChI is InChI=1S/C14H17Cl2N/c1-3-8-14(17,9-4-2)10-11-12(15)6-5-7-13(11)16/h3-7H,1-2,8-10,17H2. The van der Waals surface area contributed by atoms with Crippen LogP contribution in [0.3, 0.4) is 0 Å². The summed E-state index contributed by atoms with van der Waals surface area (Å²) in [7, 11) is 0. The van der Waals surface area contributed by atoms with Crippen molar-refractivity contribution in [2.75, 3.05) is 0 Å². The minimum atomic E-state index is -0.419. The van der Waals surface area contributed by atoms with E-state index in [4.69, 9.17) is 28.9 Å². The predicted molar refractivity (Wildman–Crippen MR) is 76.7 cm³/mol. The van der Waals surface area contributed by atoms with Gasteiger partial charge in [0, 0.05) is 15.6 Å². The molecule has 0 aromatic heterocycles. The number of halogens is 2. The molecule has 1 aromatic carbocycles. The van der Waals surface area contributed by atoms with Gasteiger partial charge in [0.15, 0.2) is 0 Å². The van der Waals surface area contributed by atoms with Crippen molar-refractivity contribution in [3.05, 3.63) is 59.1 Å². The van der Waals surface area contributed by atoms with Crippen molar-refractivity contribution in [1.82, 2.24) is 0 Å². The van der Waals surface area contributed by atoms with Crippen LogP contribution in [0, 0.1) is 0 Å². The van der Waals surface area contributed by atoms with E-state index in [0.717, 1.165) is 5.56 Å². The van der Waals surface area contributed by atoms with E-state index in [1.807, 2.05) is 30.4 Å². The Labute approximate surface area is 113 Å². The van der Waals surface area contributed by atoms with E-state index >= 15 is 0 Å². The summed E-state index contributed by atoms with van der Waals surface area (Å²) in [5, 5.41) is 1.31. The van der Waals surface area contributed by atoms with Gasteiger partial charge in [-0.1, -0.05) is 41.4 Å². The van der Waals surface area contributed by atoms with Crippen molar-refractivity contribution in [1.29, 1.82) is 0 Å². The summed E-state index contributed by atoms with van der Waals surface area (Å²) < 4.78 is 0. The van der Waals surface area contributed by atoms with E-state index < -0.39 is 5.54 Å². The van der Waals surface area contributed by atoms with Crippen molar-refractivity contribution in [3.63, 3.8) is 0 Å². The average Bonchev–Trinajstić information content (AvgIpc) is 2.24. The van der Waals surface area contributed by atoms with Crippen molar-refractivity contribution in [2.45, 2.75) is 24.8 Å². The third kappa shape index (κ3) is 3.88. The number of hydrogen-bond acceptors (Lipinski definition) is 1. The van der Waals surface area contributed by atoms with Crippen LogP contribution in [-0.2, 0) is 6.42 Å². The summed E-state index contributed by atoms with van der Waals surface area (Å²) in [4.78, 5) is 0. The Hall–Kier alpha value is -0.760. The molecule has 3 heteroatoms. The molecule has 2 N–H and O–H groups in total. The molecule has 0 atom stereocenters.